The topological polar surface area (TPSA) is 63.5 Å². The third-order valence-electron chi connectivity index (χ3n) is 5.36. The highest BCUT2D eigenvalue weighted by atomic mass is 16.5. The molecule has 0 aliphatic heterocycles. The minimum Gasteiger partial charge on any atom is -0.493 e. The number of benzene rings is 1. The molecule has 0 saturated heterocycles. The number of hydrogen-bond donors (Lipinski definition) is 2. The van der Waals surface area contributed by atoms with E-state index in [4.69, 9.17) is 9.73 Å². The van der Waals surface area contributed by atoms with Crippen molar-refractivity contribution >= 4 is 5.96 Å². The van der Waals surface area contributed by atoms with Gasteiger partial charge in [0.05, 0.1) is 18.8 Å². The molecule has 2 N–H and O–H groups in total. The molecule has 1 aromatic carbocycles. The highest BCUT2D eigenvalue weighted by Crippen LogP contribution is 2.30. The zero-order chi connectivity index (χ0) is 20.6. The Bertz CT molecular complexity index is 823. The number of guanidine groups is 1. The first-order valence-electron chi connectivity index (χ1n) is 10.9. The van der Waals surface area contributed by atoms with E-state index in [-0.39, 0.29) is 0 Å². The third-order valence-corrected chi connectivity index (χ3v) is 5.36. The van der Waals surface area contributed by atoms with Crippen LogP contribution in [0, 0.1) is 5.92 Å². The van der Waals surface area contributed by atoms with E-state index in [0.29, 0.717) is 6.54 Å². The van der Waals surface area contributed by atoms with Gasteiger partial charge < -0.3 is 15.4 Å². The molecule has 6 heteroatoms. The Hall–Kier alpha value is -2.50. The summed E-state index contributed by atoms with van der Waals surface area (Å²) >= 11 is 0. The second-order valence-electron chi connectivity index (χ2n) is 7.61. The van der Waals surface area contributed by atoms with E-state index in [9.17, 15) is 0 Å². The Balaban J connectivity index is 1.68. The SMILES string of the molecule is CCNC(=NCc1ccccc1OCC1CC1)NCc1c(CC)nn(C)c1CC. The first kappa shape index (κ1) is 21.2. The molecule has 3 rings (SSSR count). The molecule has 1 aliphatic rings. The summed E-state index contributed by atoms with van der Waals surface area (Å²) in [5.74, 6) is 2.51. The van der Waals surface area contributed by atoms with E-state index in [1.807, 2.05) is 29.9 Å². The van der Waals surface area contributed by atoms with Crippen LogP contribution in [-0.2, 0) is 33.0 Å². The maximum Gasteiger partial charge on any atom is 0.191 e. The summed E-state index contributed by atoms with van der Waals surface area (Å²) in [5.41, 5.74) is 4.85. The Morgan fingerprint density at radius 1 is 1.17 bits per heavy atom. The molecule has 0 spiro atoms. The van der Waals surface area contributed by atoms with Crippen molar-refractivity contribution in [3.63, 3.8) is 0 Å². The lowest BCUT2D eigenvalue weighted by molar-refractivity contribution is 0.297. The Labute approximate surface area is 174 Å². The molecule has 0 unspecified atom stereocenters. The number of aryl methyl sites for hydroxylation is 2. The van der Waals surface area contributed by atoms with Crippen LogP contribution in [0.4, 0.5) is 0 Å². The average molecular weight is 398 g/mol. The molecule has 29 heavy (non-hydrogen) atoms. The summed E-state index contributed by atoms with van der Waals surface area (Å²) in [6, 6.07) is 8.22. The highest BCUT2D eigenvalue weighted by Gasteiger charge is 2.22. The third kappa shape index (κ3) is 5.75. The summed E-state index contributed by atoms with van der Waals surface area (Å²) < 4.78 is 8.03. The minimum atomic E-state index is 0.588. The lowest BCUT2D eigenvalue weighted by atomic mass is 10.1. The number of rotatable bonds is 10. The number of hydrogen-bond acceptors (Lipinski definition) is 3. The minimum absolute atomic E-state index is 0.588. The van der Waals surface area contributed by atoms with Crippen molar-refractivity contribution in [1.82, 2.24) is 20.4 Å². The number of aliphatic imine (C=N–C) groups is 1. The largest absolute Gasteiger partial charge is 0.493 e. The van der Waals surface area contributed by atoms with Crippen LogP contribution in [0.2, 0.25) is 0 Å². The van der Waals surface area contributed by atoms with Crippen LogP contribution in [0.15, 0.2) is 29.3 Å². The van der Waals surface area contributed by atoms with Gasteiger partial charge in [-0.3, -0.25) is 4.68 Å². The fourth-order valence-electron chi connectivity index (χ4n) is 3.54. The molecule has 158 valence electrons. The summed E-state index contributed by atoms with van der Waals surface area (Å²) in [6.45, 7) is 9.37. The van der Waals surface area contributed by atoms with Gasteiger partial charge in [-0.1, -0.05) is 32.0 Å². The number of nitrogens with one attached hydrogen (secondary N) is 2. The lowest BCUT2D eigenvalue weighted by Crippen LogP contribution is -2.37. The van der Waals surface area contributed by atoms with Gasteiger partial charge >= 0.3 is 0 Å². The highest BCUT2D eigenvalue weighted by molar-refractivity contribution is 5.79. The van der Waals surface area contributed by atoms with Crippen molar-refractivity contribution in [2.45, 2.75) is 59.5 Å². The monoisotopic (exact) mass is 397 g/mol. The fraction of sp³-hybridized carbons (Fsp3) is 0.565. The van der Waals surface area contributed by atoms with Crippen LogP contribution >= 0.6 is 0 Å². The second kappa shape index (κ2) is 10.3. The van der Waals surface area contributed by atoms with Gasteiger partial charge in [0.25, 0.3) is 0 Å². The maximum absolute atomic E-state index is 6.02. The molecule has 1 saturated carbocycles. The molecular weight excluding hydrogens is 362 g/mol. The quantitative estimate of drug-likeness (QED) is 0.475. The zero-order valence-electron chi connectivity index (χ0n) is 18.3. The van der Waals surface area contributed by atoms with Crippen molar-refractivity contribution in [1.29, 1.82) is 0 Å². The molecule has 1 fully saturated rings. The van der Waals surface area contributed by atoms with E-state index >= 15 is 0 Å². The first-order valence-corrected chi connectivity index (χ1v) is 10.9. The standard InChI is InChI=1S/C23H35N5O/c1-5-20-19(21(6-2)28(4)27-20)15-26-23(24-7-3)25-14-18-10-8-9-11-22(18)29-16-17-12-13-17/h8-11,17H,5-7,12-16H2,1-4H3,(H2,24,25,26). The van der Waals surface area contributed by atoms with Gasteiger partial charge in [-0.2, -0.15) is 5.10 Å². The maximum atomic E-state index is 6.02. The Morgan fingerprint density at radius 2 is 1.97 bits per heavy atom. The van der Waals surface area contributed by atoms with Crippen molar-refractivity contribution in [3.05, 3.63) is 46.8 Å². The average Bonchev–Trinajstić information content (AvgIpc) is 3.51. The molecule has 1 heterocycles. The Kier molecular flexibility index (Phi) is 7.55. The van der Waals surface area contributed by atoms with Crippen molar-refractivity contribution in [3.8, 4) is 5.75 Å². The van der Waals surface area contributed by atoms with Crippen LogP contribution in [0.25, 0.3) is 0 Å². The second-order valence-corrected chi connectivity index (χ2v) is 7.61. The molecule has 0 bridgehead atoms. The van der Waals surface area contributed by atoms with Gasteiger partial charge in [-0.15, -0.1) is 0 Å². The Morgan fingerprint density at radius 3 is 2.66 bits per heavy atom. The number of para-hydroxylation sites is 1. The molecule has 1 aliphatic carbocycles. The molecule has 0 atom stereocenters. The predicted octanol–water partition coefficient (Wildman–Crippen LogP) is 3.59. The fourth-order valence-corrected chi connectivity index (χ4v) is 3.54. The summed E-state index contributed by atoms with van der Waals surface area (Å²) in [4.78, 5) is 4.81. The van der Waals surface area contributed by atoms with Crippen LogP contribution in [-0.4, -0.2) is 28.9 Å². The van der Waals surface area contributed by atoms with Gasteiger partial charge in [0, 0.05) is 37.0 Å². The van der Waals surface area contributed by atoms with E-state index in [2.05, 4.69) is 42.6 Å². The number of aromatic nitrogens is 2. The van der Waals surface area contributed by atoms with Crippen LogP contribution < -0.4 is 15.4 Å². The summed E-state index contributed by atoms with van der Waals surface area (Å²) in [5, 5.41) is 11.5. The molecule has 1 aromatic heterocycles. The summed E-state index contributed by atoms with van der Waals surface area (Å²) in [7, 11) is 2.03. The lowest BCUT2D eigenvalue weighted by Gasteiger charge is -2.14. The summed E-state index contributed by atoms with van der Waals surface area (Å²) in [6.07, 6.45) is 4.50. The predicted molar refractivity (Wildman–Crippen MR) is 118 cm³/mol. The molecule has 0 radical (unpaired) electrons. The normalized spacial score (nSPS) is 14.1. The smallest absolute Gasteiger partial charge is 0.191 e. The van der Waals surface area contributed by atoms with Gasteiger partial charge in [-0.25, -0.2) is 4.99 Å². The van der Waals surface area contributed by atoms with Crippen molar-refractivity contribution in [2.24, 2.45) is 18.0 Å². The van der Waals surface area contributed by atoms with Gasteiger partial charge in [0.15, 0.2) is 5.96 Å². The van der Waals surface area contributed by atoms with Crippen molar-refractivity contribution < 1.29 is 4.74 Å². The van der Waals surface area contributed by atoms with E-state index < -0.39 is 0 Å². The number of nitrogens with zero attached hydrogens (tertiary/aromatic N) is 3. The van der Waals surface area contributed by atoms with Crippen LogP contribution in [0.1, 0.15) is 56.1 Å². The zero-order valence-corrected chi connectivity index (χ0v) is 18.3. The van der Waals surface area contributed by atoms with E-state index in [1.165, 1.54) is 24.1 Å². The number of ether oxygens (including phenoxy) is 1. The van der Waals surface area contributed by atoms with Crippen LogP contribution in [0.3, 0.4) is 0 Å². The van der Waals surface area contributed by atoms with Gasteiger partial charge in [-0.05, 0) is 44.6 Å². The molecule has 6 nitrogen and oxygen atoms in total. The first-order chi connectivity index (χ1) is 14.2. The van der Waals surface area contributed by atoms with Crippen molar-refractivity contribution in [2.75, 3.05) is 13.2 Å². The molecule has 0 amide bonds. The van der Waals surface area contributed by atoms with E-state index in [0.717, 1.165) is 61.4 Å². The van der Waals surface area contributed by atoms with Gasteiger partial charge in [0.1, 0.15) is 5.75 Å². The van der Waals surface area contributed by atoms with E-state index in [1.54, 1.807) is 0 Å². The molecule has 2 aromatic rings. The van der Waals surface area contributed by atoms with Crippen LogP contribution in [0.5, 0.6) is 5.75 Å². The molecular formula is C23H35N5O. The van der Waals surface area contributed by atoms with Gasteiger partial charge in [0.2, 0.25) is 0 Å².